The molecule has 0 fully saturated rings. The lowest BCUT2D eigenvalue weighted by atomic mass is 10.0. The predicted octanol–water partition coefficient (Wildman–Crippen LogP) is 16.1. The van der Waals surface area contributed by atoms with Crippen molar-refractivity contribution < 1.29 is 0 Å². The van der Waals surface area contributed by atoms with E-state index in [4.69, 9.17) is 15.0 Å². The molecule has 3 aromatic heterocycles. The van der Waals surface area contributed by atoms with Crippen molar-refractivity contribution in [2.24, 2.45) is 0 Å². The van der Waals surface area contributed by atoms with Crippen LogP contribution in [0.15, 0.2) is 249 Å². The smallest absolute Gasteiger partial charge is 0.164 e. The highest BCUT2D eigenvalue weighted by Gasteiger charge is 2.18. The number of hydrogen-bond acceptors (Lipinski definition) is 3. The first-order valence-electron chi connectivity index (χ1n) is 23.0. The highest BCUT2D eigenvalue weighted by molar-refractivity contribution is 6.12. The zero-order valence-corrected chi connectivity index (χ0v) is 36.9. The van der Waals surface area contributed by atoms with Crippen molar-refractivity contribution in [3.8, 4) is 78.9 Å². The summed E-state index contributed by atoms with van der Waals surface area (Å²) in [5.74, 6) is 1.87. The molecule has 0 radical (unpaired) electrons. The number of fused-ring (bicyclic) bond motifs is 6. The molecule has 0 amide bonds. The molecule has 0 unspecified atom stereocenters. The quantitative estimate of drug-likeness (QED) is 0.153. The van der Waals surface area contributed by atoms with Gasteiger partial charge in [-0.25, -0.2) is 15.0 Å². The van der Waals surface area contributed by atoms with Crippen LogP contribution in [0, 0.1) is 0 Å². The van der Waals surface area contributed by atoms with Gasteiger partial charge in [0.05, 0.1) is 22.1 Å². The van der Waals surface area contributed by atoms with Crippen LogP contribution >= 0.6 is 0 Å². The highest BCUT2D eigenvalue weighted by Crippen LogP contribution is 2.39. The number of aromatic nitrogens is 5. The molecular weight excluding hydrogens is 827 g/mol. The van der Waals surface area contributed by atoms with E-state index in [0.717, 1.165) is 50.2 Å². The average Bonchev–Trinajstić information content (AvgIpc) is 3.94. The monoisotopic (exact) mass is 867 g/mol. The van der Waals surface area contributed by atoms with Crippen LogP contribution in [-0.4, -0.2) is 24.1 Å². The summed E-state index contributed by atoms with van der Waals surface area (Å²) in [7, 11) is 0. The fourth-order valence-electron chi connectivity index (χ4n) is 9.85. The SMILES string of the molecule is c1ccc(-c2ccc(-c3nc(-c4ccc(-c5ccccc5)cc4)nc(-c4ccc(-n5c6ccccc6c6cc(-c7ccc8c(c7)c7ccccc7n8-c7ccccc7)ccc65)cc4)n3)cc2)cc1. The van der Waals surface area contributed by atoms with Gasteiger partial charge in [-0.1, -0.05) is 176 Å². The first kappa shape index (κ1) is 39.2. The first-order chi connectivity index (χ1) is 33.7. The molecule has 0 aliphatic rings. The molecule has 0 aliphatic heterocycles. The minimum atomic E-state index is 0.617. The molecule has 0 bridgehead atoms. The van der Waals surface area contributed by atoms with Crippen molar-refractivity contribution in [1.29, 1.82) is 0 Å². The van der Waals surface area contributed by atoms with Crippen molar-refractivity contribution in [1.82, 2.24) is 24.1 Å². The highest BCUT2D eigenvalue weighted by atomic mass is 15.0. The van der Waals surface area contributed by atoms with E-state index in [1.54, 1.807) is 0 Å². The number of nitrogens with zero attached hydrogens (tertiary/aromatic N) is 5. The van der Waals surface area contributed by atoms with E-state index in [-0.39, 0.29) is 0 Å². The second kappa shape index (κ2) is 16.4. The third-order valence-corrected chi connectivity index (χ3v) is 13.2. The van der Waals surface area contributed by atoms with Gasteiger partial charge in [0.1, 0.15) is 0 Å². The summed E-state index contributed by atoms with van der Waals surface area (Å²) in [5, 5.41) is 4.90. The Hall–Kier alpha value is -9.19. The van der Waals surface area contributed by atoms with Crippen molar-refractivity contribution >= 4 is 43.6 Å². The molecule has 5 nitrogen and oxygen atoms in total. The molecule has 68 heavy (non-hydrogen) atoms. The molecular formula is C63H41N5. The normalized spacial score (nSPS) is 11.5. The van der Waals surface area contributed by atoms with Gasteiger partial charge in [0.2, 0.25) is 0 Å². The summed E-state index contributed by atoms with van der Waals surface area (Å²) in [6.45, 7) is 0. The van der Waals surface area contributed by atoms with Gasteiger partial charge in [-0.3, -0.25) is 0 Å². The Morgan fingerprint density at radius 1 is 0.206 bits per heavy atom. The van der Waals surface area contributed by atoms with Gasteiger partial charge in [-0.2, -0.15) is 0 Å². The Morgan fingerprint density at radius 2 is 0.500 bits per heavy atom. The van der Waals surface area contributed by atoms with Crippen LogP contribution < -0.4 is 0 Å². The summed E-state index contributed by atoms with van der Waals surface area (Å²) in [4.78, 5) is 15.3. The number of hydrogen-bond donors (Lipinski definition) is 0. The van der Waals surface area contributed by atoms with Crippen molar-refractivity contribution in [2.75, 3.05) is 0 Å². The van der Waals surface area contributed by atoms with Gasteiger partial charge in [0, 0.05) is 49.6 Å². The lowest BCUT2D eigenvalue weighted by molar-refractivity contribution is 1.07. The molecule has 0 spiro atoms. The van der Waals surface area contributed by atoms with Crippen molar-refractivity contribution in [3.63, 3.8) is 0 Å². The Labute approximate surface area is 393 Å². The second-order valence-corrected chi connectivity index (χ2v) is 17.2. The largest absolute Gasteiger partial charge is 0.309 e. The predicted molar refractivity (Wildman–Crippen MR) is 281 cm³/mol. The van der Waals surface area contributed by atoms with E-state index in [1.165, 1.54) is 54.8 Å². The Bertz CT molecular complexity index is 3870. The number of para-hydroxylation sites is 3. The molecule has 0 saturated heterocycles. The van der Waals surface area contributed by atoms with E-state index < -0.39 is 0 Å². The van der Waals surface area contributed by atoms with Gasteiger partial charge in [0.15, 0.2) is 17.5 Å². The molecule has 5 heteroatoms. The average molecular weight is 868 g/mol. The van der Waals surface area contributed by atoms with Crippen LogP contribution in [0.2, 0.25) is 0 Å². The molecule has 0 N–H and O–H groups in total. The van der Waals surface area contributed by atoms with Crippen LogP contribution in [0.5, 0.6) is 0 Å². The van der Waals surface area contributed by atoms with Crippen LogP contribution in [0.25, 0.3) is 123 Å². The first-order valence-corrected chi connectivity index (χ1v) is 23.0. The third kappa shape index (κ3) is 6.84. The Morgan fingerprint density at radius 3 is 0.926 bits per heavy atom. The van der Waals surface area contributed by atoms with Gasteiger partial charge in [-0.05, 0) is 106 Å². The third-order valence-electron chi connectivity index (χ3n) is 13.2. The van der Waals surface area contributed by atoms with Crippen molar-refractivity contribution in [2.45, 2.75) is 0 Å². The lowest BCUT2D eigenvalue weighted by Gasteiger charge is -2.11. The van der Waals surface area contributed by atoms with E-state index in [0.29, 0.717) is 17.5 Å². The van der Waals surface area contributed by atoms with Gasteiger partial charge < -0.3 is 9.13 Å². The van der Waals surface area contributed by atoms with Crippen LogP contribution in [-0.2, 0) is 0 Å². The topological polar surface area (TPSA) is 48.5 Å². The van der Waals surface area contributed by atoms with E-state index in [2.05, 4.69) is 246 Å². The minimum absolute atomic E-state index is 0.617. The lowest BCUT2D eigenvalue weighted by Crippen LogP contribution is -2.00. The van der Waals surface area contributed by atoms with Gasteiger partial charge >= 0.3 is 0 Å². The fraction of sp³-hybridized carbons (Fsp3) is 0. The second-order valence-electron chi connectivity index (χ2n) is 17.2. The molecule has 0 saturated carbocycles. The van der Waals surface area contributed by atoms with E-state index in [1.807, 2.05) is 12.1 Å². The molecule has 13 rings (SSSR count). The van der Waals surface area contributed by atoms with Crippen LogP contribution in [0.3, 0.4) is 0 Å². The maximum absolute atomic E-state index is 5.12. The number of rotatable bonds is 8. The summed E-state index contributed by atoms with van der Waals surface area (Å²) in [5.41, 5.74) is 16.7. The maximum atomic E-state index is 5.12. The maximum Gasteiger partial charge on any atom is 0.164 e. The number of benzene rings is 10. The fourth-order valence-corrected chi connectivity index (χ4v) is 9.85. The van der Waals surface area contributed by atoms with E-state index >= 15 is 0 Å². The summed E-state index contributed by atoms with van der Waals surface area (Å²) in [6, 6.07) is 88.2. The van der Waals surface area contributed by atoms with E-state index in [9.17, 15) is 0 Å². The van der Waals surface area contributed by atoms with Crippen LogP contribution in [0.4, 0.5) is 0 Å². The van der Waals surface area contributed by atoms with Crippen LogP contribution in [0.1, 0.15) is 0 Å². The Balaban J connectivity index is 0.881. The van der Waals surface area contributed by atoms with Gasteiger partial charge in [0.25, 0.3) is 0 Å². The standard InChI is InChI=1S/C63H41N5/c1-4-14-42(15-5-1)44-24-28-46(29-25-44)61-64-62(47-30-26-45(27-31-47)43-16-6-2-7-17-43)66-63(65-61)48-32-36-52(37-33-48)68-58-23-13-11-21-54(58)56-41-50(35-39-60(56)68)49-34-38-59-55(40-49)53-20-10-12-22-57(53)67(59)51-18-8-3-9-19-51/h1-41H. The zero-order chi connectivity index (χ0) is 45.0. The summed E-state index contributed by atoms with van der Waals surface area (Å²) in [6.07, 6.45) is 0. The molecule has 13 aromatic rings. The summed E-state index contributed by atoms with van der Waals surface area (Å²) >= 11 is 0. The van der Waals surface area contributed by atoms with Crippen molar-refractivity contribution in [3.05, 3.63) is 249 Å². The summed E-state index contributed by atoms with van der Waals surface area (Å²) < 4.78 is 4.73. The molecule has 3 heterocycles. The zero-order valence-electron chi connectivity index (χ0n) is 36.9. The molecule has 10 aromatic carbocycles. The minimum Gasteiger partial charge on any atom is -0.309 e. The Kier molecular flexibility index (Phi) is 9.43. The molecule has 318 valence electrons. The van der Waals surface area contributed by atoms with Gasteiger partial charge in [-0.15, -0.1) is 0 Å². The molecule has 0 atom stereocenters. The molecule has 0 aliphatic carbocycles.